The zero-order valence-electron chi connectivity index (χ0n) is 8.57. The third-order valence-corrected chi connectivity index (χ3v) is 5.37. The Hall–Kier alpha value is -1.28. The molecule has 0 aromatic heterocycles. The molecule has 90 valence electrons. The molecule has 1 heterocycles. The van der Waals surface area contributed by atoms with Gasteiger partial charge in [0.2, 0.25) is 0 Å². The summed E-state index contributed by atoms with van der Waals surface area (Å²) in [6, 6.07) is 3.85. The Labute approximate surface area is 105 Å². The van der Waals surface area contributed by atoms with E-state index in [9.17, 15) is 20.2 Å². The summed E-state index contributed by atoms with van der Waals surface area (Å²) in [5.74, 6) is 1.90. The van der Waals surface area contributed by atoms with Crippen molar-refractivity contribution in [1.29, 1.82) is 0 Å². The monoisotopic (exact) mass is 272 g/mol. The fraction of sp³-hybridized carbons (Fsp3) is 0.333. The van der Waals surface area contributed by atoms with E-state index >= 15 is 0 Å². The van der Waals surface area contributed by atoms with Crippen molar-refractivity contribution in [2.24, 2.45) is 0 Å². The van der Waals surface area contributed by atoms with Crippen LogP contribution in [0, 0.1) is 20.2 Å². The summed E-state index contributed by atoms with van der Waals surface area (Å²) in [6.45, 7) is 0. The molecule has 1 aromatic carbocycles. The summed E-state index contributed by atoms with van der Waals surface area (Å²) in [7, 11) is 0. The van der Waals surface area contributed by atoms with Gasteiger partial charge in [0.15, 0.2) is 0 Å². The molecule has 17 heavy (non-hydrogen) atoms. The minimum atomic E-state index is -0.619. The molecule has 6 nitrogen and oxygen atoms in total. The molecule has 1 fully saturated rings. The zero-order chi connectivity index (χ0) is 12.4. The second-order valence-electron chi connectivity index (χ2n) is 3.33. The number of rotatable bonds is 3. The van der Waals surface area contributed by atoms with Crippen LogP contribution in [0.5, 0.6) is 0 Å². The van der Waals surface area contributed by atoms with E-state index in [4.69, 9.17) is 0 Å². The Kier molecular flexibility index (Phi) is 3.53. The van der Waals surface area contributed by atoms with Crippen molar-refractivity contribution in [1.82, 2.24) is 0 Å². The third kappa shape index (κ3) is 2.52. The molecule has 0 spiro atoms. The van der Waals surface area contributed by atoms with Crippen molar-refractivity contribution in [2.45, 2.75) is 4.58 Å². The average Bonchev–Trinajstić information content (AvgIpc) is 2.81. The van der Waals surface area contributed by atoms with E-state index in [0.717, 1.165) is 17.6 Å². The number of nitro benzene ring substituents is 2. The molecule has 2 rings (SSSR count). The fourth-order valence-electron chi connectivity index (χ4n) is 1.54. The minimum absolute atomic E-state index is 0.0104. The number of hydrogen-bond donors (Lipinski definition) is 0. The van der Waals surface area contributed by atoms with E-state index in [-0.39, 0.29) is 16.0 Å². The molecule has 0 bridgehead atoms. The maximum absolute atomic E-state index is 10.9. The summed E-state index contributed by atoms with van der Waals surface area (Å²) >= 11 is 3.26. The highest BCUT2D eigenvalue weighted by Crippen LogP contribution is 2.48. The molecule has 8 heteroatoms. The molecule has 0 N–H and O–H groups in total. The van der Waals surface area contributed by atoms with Gasteiger partial charge < -0.3 is 0 Å². The van der Waals surface area contributed by atoms with Gasteiger partial charge in [-0.1, -0.05) is 0 Å². The van der Waals surface area contributed by atoms with Crippen molar-refractivity contribution in [2.75, 3.05) is 11.5 Å². The second kappa shape index (κ2) is 4.92. The fourth-order valence-corrected chi connectivity index (χ4v) is 4.46. The lowest BCUT2D eigenvalue weighted by Crippen LogP contribution is -1.98. The van der Waals surface area contributed by atoms with Gasteiger partial charge in [-0.25, -0.2) is 0 Å². The highest BCUT2D eigenvalue weighted by Gasteiger charge is 2.28. The summed E-state index contributed by atoms with van der Waals surface area (Å²) in [5, 5.41) is 21.5. The van der Waals surface area contributed by atoms with Gasteiger partial charge in [0.1, 0.15) is 0 Å². The number of hydrogen-bond acceptors (Lipinski definition) is 6. The van der Waals surface area contributed by atoms with E-state index in [1.54, 1.807) is 23.5 Å². The van der Waals surface area contributed by atoms with E-state index in [2.05, 4.69) is 0 Å². The standard InChI is InChI=1S/C9H8N2O4S2/c12-10(13)6-1-2-7(8(5-6)11(14)15)9-16-3-4-17-9/h1-2,5,9H,3-4H2. The van der Waals surface area contributed by atoms with Gasteiger partial charge >= 0.3 is 0 Å². The van der Waals surface area contributed by atoms with Gasteiger partial charge in [-0.3, -0.25) is 20.2 Å². The third-order valence-electron chi connectivity index (χ3n) is 2.30. The van der Waals surface area contributed by atoms with Crippen LogP contribution in [0.25, 0.3) is 0 Å². The molecule has 0 atom stereocenters. The van der Waals surface area contributed by atoms with E-state index in [1.165, 1.54) is 12.1 Å². The van der Waals surface area contributed by atoms with Crippen LogP contribution in [-0.4, -0.2) is 21.4 Å². The molecule has 0 radical (unpaired) electrons. The van der Waals surface area contributed by atoms with Gasteiger partial charge in [0.05, 0.1) is 26.1 Å². The van der Waals surface area contributed by atoms with Crippen LogP contribution in [0.4, 0.5) is 11.4 Å². The molecule has 1 aromatic rings. The molecule has 0 saturated carbocycles. The first-order valence-corrected chi connectivity index (χ1v) is 6.85. The maximum Gasteiger partial charge on any atom is 0.281 e. The van der Waals surface area contributed by atoms with Crippen LogP contribution in [0.2, 0.25) is 0 Å². The lowest BCUT2D eigenvalue weighted by molar-refractivity contribution is -0.394. The van der Waals surface area contributed by atoms with Gasteiger partial charge in [-0.05, 0) is 6.07 Å². The predicted molar refractivity (Wildman–Crippen MR) is 67.4 cm³/mol. The van der Waals surface area contributed by atoms with Gasteiger partial charge in [0.25, 0.3) is 11.4 Å². The first kappa shape index (κ1) is 12.2. The molecule has 1 aliphatic rings. The Morgan fingerprint density at radius 1 is 1.12 bits per heavy atom. The van der Waals surface area contributed by atoms with Crippen LogP contribution in [0.1, 0.15) is 10.1 Å². The van der Waals surface area contributed by atoms with Crippen molar-refractivity contribution in [3.63, 3.8) is 0 Å². The minimum Gasteiger partial charge on any atom is -0.258 e. The lowest BCUT2D eigenvalue weighted by Gasteiger charge is -2.08. The van der Waals surface area contributed by atoms with E-state index < -0.39 is 9.85 Å². The summed E-state index contributed by atoms with van der Waals surface area (Å²) in [4.78, 5) is 20.3. The molecule has 0 amide bonds. The topological polar surface area (TPSA) is 86.3 Å². The van der Waals surface area contributed by atoms with Crippen LogP contribution in [0.3, 0.4) is 0 Å². The Morgan fingerprint density at radius 3 is 2.29 bits per heavy atom. The SMILES string of the molecule is O=[N+]([O-])c1ccc(C2SCCS2)c([N+](=O)[O-])c1. The Bertz CT molecular complexity index is 474. The maximum atomic E-state index is 10.9. The summed E-state index contributed by atoms with van der Waals surface area (Å²) in [6.07, 6.45) is 0. The smallest absolute Gasteiger partial charge is 0.258 e. The molecular weight excluding hydrogens is 264 g/mol. The van der Waals surface area contributed by atoms with Crippen LogP contribution >= 0.6 is 23.5 Å². The predicted octanol–water partition coefficient (Wildman–Crippen LogP) is 2.98. The van der Waals surface area contributed by atoms with Crippen LogP contribution in [0.15, 0.2) is 18.2 Å². The summed E-state index contributed by atoms with van der Waals surface area (Å²) < 4.78 is 0.0104. The first-order valence-electron chi connectivity index (χ1n) is 4.75. The average molecular weight is 272 g/mol. The van der Waals surface area contributed by atoms with Crippen molar-refractivity contribution >= 4 is 34.9 Å². The molecule has 0 aliphatic carbocycles. The molecule has 0 unspecified atom stereocenters. The van der Waals surface area contributed by atoms with Crippen LogP contribution < -0.4 is 0 Å². The number of non-ortho nitro benzene ring substituents is 1. The largest absolute Gasteiger partial charge is 0.281 e. The number of benzene rings is 1. The van der Waals surface area contributed by atoms with Crippen molar-refractivity contribution < 1.29 is 9.85 Å². The molecule has 1 aliphatic heterocycles. The van der Waals surface area contributed by atoms with E-state index in [0.29, 0.717) is 5.56 Å². The zero-order valence-corrected chi connectivity index (χ0v) is 10.2. The quantitative estimate of drug-likeness (QED) is 0.621. The molecule has 1 saturated heterocycles. The normalized spacial score (nSPS) is 16.0. The highest BCUT2D eigenvalue weighted by molar-refractivity contribution is 8.19. The number of nitrogens with zero attached hydrogens (tertiary/aromatic N) is 2. The Morgan fingerprint density at radius 2 is 1.76 bits per heavy atom. The molecular formula is C9H8N2O4S2. The van der Waals surface area contributed by atoms with Crippen molar-refractivity contribution in [3.8, 4) is 0 Å². The number of nitro groups is 2. The lowest BCUT2D eigenvalue weighted by atomic mass is 10.2. The van der Waals surface area contributed by atoms with Gasteiger partial charge in [0, 0.05) is 17.6 Å². The van der Waals surface area contributed by atoms with Crippen LogP contribution in [-0.2, 0) is 0 Å². The van der Waals surface area contributed by atoms with E-state index in [1.807, 2.05) is 0 Å². The van der Waals surface area contributed by atoms with Gasteiger partial charge in [-0.2, -0.15) is 0 Å². The number of thioether (sulfide) groups is 2. The van der Waals surface area contributed by atoms with Crippen molar-refractivity contribution in [3.05, 3.63) is 44.0 Å². The highest BCUT2D eigenvalue weighted by atomic mass is 32.2. The second-order valence-corrected chi connectivity index (χ2v) is 6.06. The van der Waals surface area contributed by atoms with Gasteiger partial charge in [-0.15, -0.1) is 23.5 Å². The summed E-state index contributed by atoms with van der Waals surface area (Å²) in [5.41, 5.74) is 0.160. The first-order chi connectivity index (χ1) is 8.09. The Balaban J connectivity index is 2.44.